The molecule has 3 aromatic rings. The van der Waals surface area contributed by atoms with Gasteiger partial charge in [0.2, 0.25) is 5.91 Å². The van der Waals surface area contributed by atoms with Crippen molar-refractivity contribution in [2.75, 3.05) is 19.0 Å². The zero-order valence-electron chi connectivity index (χ0n) is 14.0. The van der Waals surface area contributed by atoms with Gasteiger partial charge in [-0.05, 0) is 18.2 Å². The van der Waals surface area contributed by atoms with E-state index in [2.05, 4.69) is 20.6 Å². The second kappa shape index (κ2) is 8.10. The fourth-order valence-corrected chi connectivity index (χ4v) is 2.57. The van der Waals surface area contributed by atoms with Crippen molar-refractivity contribution in [3.05, 3.63) is 60.4 Å². The van der Waals surface area contributed by atoms with Gasteiger partial charge in [-0.2, -0.15) is 0 Å². The van der Waals surface area contributed by atoms with Gasteiger partial charge in [0.05, 0.1) is 12.6 Å². The predicted molar refractivity (Wildman–Crippen MR) is 97.5 cm³/mol. The number of nitrogens with one attached hydrogen (secondary N) is 2. The molecule has 6 heteroatoms. The van der Waals surface area contributed by atoms with Crippen LogP contribution in [0.4, 0.5) is 5.82 Å². The Morgan fingerprint density at radius 3 is 2.76 bits per heavy atom. The molecule has 3 rings (SSSR count). The average Bonchev–Trinajstić information content (AvgIpc) is 2.67. The van der Waals surface area contributed by atoms with Crippen LogP contribution in [-0.2, 0) is 11.3 Å². The lowest BCUT2D eigenvalue weighted by molar-refractivity contribution is -0.121. The first-order valence-corrected chi connectivity index (χ1v) is 8.10. The van der Waals surface area contributed by atoms with Crippen molar-refractivity contribution in [3.63, 3.8) is 0 Å². The van der Waals surface area contributed by atoms with Gasteiger partial charge in [-0.25, -0.2) is 9.97 Å². The van der Waals surface area contributed by atoms with Crippen LogP contribution in [-0.4, -0.2) is 29.5 Å². The van der Waals surface area contributed by atoms with Gasteiger partial charge < -0.3 is 15.4 Å². The minimum absolute atomic E-state index is 0.0308. The molecule has 0 aliphatic heterocycles. The van der Waals surface area contributed by atoms with Gasteiger partial charge in [0.15, 0.2) is 0 Å². The topological polar surface area (TPSA) is 76.1 Å². The molecule has 0 spiro atoms. The molecule has 0 bridgehead atoms. The summed E-state index contributed by atoms with van der Waals surface area (Å²) in [6.07, 6.45) is 1.87. The Balaban J connectivity index is 1.51. The number of nitrogens with zero attached hydrogens (tertiary/aromatic N) is 2. The number of rotatable bonds is 7. The van der Waals surface area contributed by atoms with Crippen LogP contribution in [0.25, 0.3) is 10.9 Å². The minimum Gasteiger partial charge on any atom is -0.496 e. The predicted octanol–water partition coefficient (Wildman–Crippen LogP) is 2.76. The van der Waals surface area contributed by atoms with Crippen LogP contribution < -0.4 is 15.4 Å². The summed E-state index contributed by atoms with van der Waals surface area (Å²) >= 11 is 0. The van der Waals surface area contributed by atoms with Crippen LogP contribution in [0.3, 0.4) is 0 Å². The zero-order valence-corrected chi connectivity index (χ0v) is 14.0. The number of ether oxygens (including phenoxy) is 1. The minimum atomic E-state index is -0.0308. The SMILES string of the molecule is COc1ccccc1CNC(=O)CCNc1ncnc2ccccc12. The molecule has 1 amide bonds. The maximum atomic E-state index is 12.0. The number of amides is 1. The number of fused-ring (bicyclic) bond motifs is 1. The van der Waals surface area contributed by atoms with Gasteiger partial charge in [-0.1, -0.05) is 30.3 Å². The molecule has 2 N–H and O–H groups in total. The van der Waals surface area contributed by atoms with Crippen LogP contribution in [0.5, 0.6) is 5.75 Å². The van der Waals surface area contributed by atoms with Crippen molar-refractivity contribution >= 4 is 22.6 Å². The highest BCUT2D eigenvalue weighted by atomic mass is 16.5. The van der Waals surface area contributed by atoms with Gasteiger partial charge in [0, 0.05) is 30.5 Å². The molecular formula is C19H20N4O2. The van der Waals surface area contributed by atoms with E-state index in [1.54, 1.807) is 7.11 Å². The molecule has 0 radical (unpaired) electrons. The summed E-state index contributed by atoms with van der Waals surface area (Å²) < 4.78 is 5.28. The molecule has 1 aromatic heterocycles. The smallest absolute Gasteiger partial charge is 0.222 e. The third-order valence-electron chi connectivity index (χ3n) is 3.86. The number of hydrogen-bond acceptors (Lipinski definition) is 5. The maximum Gasteiger partial charge on any atom is 0.222 e. The van der Waals surface area contributed by atoms with Gasteiger partial charge in [0.25, 0.3) is 0 Å². The summed E-state index contributed by atoms with van der Waals surface area (Å²) in [7, 11) is 1.62. The first-order chi connectivity index (χ1) is 12.3. The van der Waals surface area contributed by atoms with Gasteiger partial charge in [0.1, 0.15) is 17.9 Å². The Morgan fingerprint density at radius 2 is 1.88 bits per heavy atom. The average molecular weight is 336 g/mol. The van der Waals surface area contributed by atoms with Gasteiger partial charge in [-0.3, -0.25) is 4.79 Å². The summed E-state index contributed by atoms with van der Waals surface area (Å²) in [5.74, 6) is 1.48. The number of anilines is 1. The molecule has 2 aromatic carbocycles. The lowest BCUT2D eigenvalue weighted by atomic mass is 10.2. The van der Waals surface area contributed by atoms with E-state index in [1.165, 1.54) is 6.33 Å². The molecule has 0 aliphatic rings. The number of methoxy groups -OCH3 is 1. The van der Waals surface area contributed by atoms with Crippen molar-refractivity contribution < 1.29 is 9.53 Å². The van der Waals surface area contributed by atoms with Gasteiger partial charge in [-0.15, -0.1) is 0 Å². The number of hydrogen-bond donors (Lipinski definition) is 2. The van der Waals surface area contributed by atoms with Crippen molar-refractivity contribution in [1.82, 2.24) is 15.3 Å². The summed E-state index contributed by atoms with van der Waals surface area (Å²) in [5.41, 5.74) is 1.83. The molecule has 6 nitrogen and oxygen atoms in total. The van der Waals surface area contributed by atoms with Crippen LogP contribution >= 0.6 is 0 Å². The van der Waals surface area contributed by atoms with Gasteiger partial charge >= 0.3 is 0 Å². The van der Waals surface area contributed by atoms with E-state index in [1.807, 2.05) is 48.5 Å². The van der Waals surface area contributed by atoms with Crippen LogP contribution in [0, 0.1) is 0 Å². The zero-order chi connectivity index (χ0) is 17.5. The molecule has 0 saturated carbocycles. The Morgan fingerprint density at radius 1 is 1.08 bits per heavy atom. The van der Waals surface area contributed by atoms with E-state index >= 15 is 0 Å². The summed E-state index contributed by atoms with van der Waals surface area (Å²) in [6.45, 7) is 0.943. The number of benzene rings is 2. The summed E-state index contributed by atoms with van der Waals surface area (Å²) in [6, 6.07) is 15.4. The molecular weight excluding hydrogens is 316 g/mol. The molecule has 1 heterocycles. The Bertz CT molecular complexity index is 861. The standard InChI is InChI=1S/C19H20N4O2/c1-25-17-9-5-2-6-14(17)12-21-18(24)10-11-20-19-15-7-3-4-8-16(15)22-13-23-19/h2-9,13H,10-12H2,1H3,(H,21,24)(H,20,22,23). The quantitative estimate of drug-likeness (QED) is 0.694. The Labute approximate surface area is 146 Å². The van der Waals surface area contributed by atoms with E-state index < -0.39 is 0 Å². The van der Waals surface area contributed by atoms with Crippen molar-refractivity contribution in [1.29, 1.82) is 0 Å². The van der Waals surface area contributed by atoms with E-state index in [0.717, 1.165) is 28.0 Å². The lowest BCUT2D eigenvalue weighted by Gasteiger charge is -2.10. The molecule has 0 aliphatic carbocycles. The molecule has 0 unspecified atom stereocenters. The van der Waals surface area contributed by atoms with E-state index in [9.17, 15) is 4.79 Å². The molecule has 0 atom stereocenters. The fraction of sp³-hybridized carbons (Fsp3) is 0.211. The van der Waals surface area contributed by atoms with Crippen molar-refractivity contribution in [3.8, 4) is 5.75 Å². The second-order valence-corrected chi connectivity index (χ2v) is 5.50. The third kappa shape index (κ3) is 4.23. The molecule has 0 saturated heterocycles. The molecule has 0 fully saturated rings. The normalized spacial score (nSPS) is 10.4. The highest BCUT2D eigenvalue weighted by molar-refractivity contribution is 5.88. The van der Waals surface area contributed by atoms with E-state index in [-0.39, 0.29) is 5.91 Å². The Hall–Kier alpha value is -3.15. The number of aromatic nitrogens is 2. The summed E-state index contributed by atoms with van der Waals surface area (Å²) in [5, 5.41) is 7.05. The van der Waals surface area contributed by atoms with Crippen LogP contribution in [0.2, 0.25) is 0 Å². The number of carbonyl (C=O) groups excluding carboxylic acids is 1. The first kappa shape index (κ1) is 16.7. The number of carbonyl (C=O) groups is 1. The highest BCUT2D eigenvalue weighted by Crippen LogP contribution is 2.18. The molecule has 128 valence electrons. The van der Waals surface area contributed by atoms with E-state index in [0.29, 0.717) is 19.5 Å². The second-order valence-electron chi connectivity index (χ2n) is 5.50. The number of para-hydroxylation sites is 2. The maximum absolute atomic E-state index is 12.0. The van der Waals surface area contributed by atoms with Crippen LogP contribution in [0.15, 0.2) is 54.9 Å². The van der Waals surface area contributed by atoms with E-state index in [4.69, 9.17) is 4.74 Å². The Kier molecular flexibility index (Phi) is 5.41. The third-order valence-corrected chi connectivity index (χ3v) is 3.86. The van der Waals surface area contributed by atoms with Crippen molar-refractivity contribution in [2.45, 2.75) is 13.0 Å². The summed E-state index contributed by atoms with van der Waals surface area (Å²) in [4.78, 5) is 20.5. The molecule has 25 heavy (non-hydrogen) atoms. The fourth-order valence-electron chi connectivity index (χ4n) is 2.57. The van der Waals surface area contributed by atoms with Crippen LogP contribution in [0.1, 0.15) is 12.0 Å². The highest BCUT2D eigenvalue weighted by Gasteiger charge is 2.06. The first-order valence-electron chi connectivity index (χ1n) is 8.10. The van der Waals surface area contributed by atoms with Crippen molar-refractivity contribution in [2.24, 2.45) is 0 Å². The largest absolute Gasteiger partial charge is 0.496 e. The monoisotopic (exact) mass is 336 g/mol. The lowest BCUT2D eigenvalue weighted by Crippen LogP contribution is -2.25.